The molecule has 0 saturated carbocycles. The molecule has 2 rings (SSSR count). The topological polar surface area (TPSA) is 26.0 Å². The molecule has 0 radical (unpaired) electrons. The molecule has 2 N–H and O–H groups in total. The van der Waals surface area contributed by atoms with E-state index in [1.165, 1.54) is 15.2 Å². The molecule has 0 spiro atoms. The van der Waals surface area contributed by atoms with Crippen LogP contribution < -0.4 is 5.73 Å². The summed E-state index contributed by atoms with van der Waals surface area (Å²) in [6.45, 7) is 0.523. The summed E-state index contributed by atoms with van der Waals surface area (Å²) in [5.41, 5.74) is 8.01. The van der Waals surface area contributed by atoms with Crippen LogP contribution in [0.4, 0.5) is 4.39 Å². The lowest BCUT2D eigenvalue weighted by atomic mass is 9.92. The van der Waals surface area contributed by atoms with Gasteiger partial charge in [-0.1, -0.05) is 24.3 Å². The van der Waals surface area contributed by atoms with Crippen molar-refractivity contribution in [1.29, 1.82) is 0 Å². The molecule has 94 valence electrons. The maximum atomic E-state index is 13.2. The third-order valence-electron chi connectivity index (χ3n) is 3.00. The Balaban J connectivity index is 2.17. The van der Waals surface area contributed by atoms with Gasteiger partial charge in [0, 0.05) is 9.49 Å². The lowest BCUT2D eigenvalue weighted by Crippen LogP contribution is -2.15. The van der Waals surface area contributed by atoms with Gasteiger partial charge in [0.25, 0.3) is 0 Å². The van der Waals surface area contributed by atoms with Crippen molar-refractivity contribution >= 4 is 22.6 Å². The normalized spacial score (nSPS) is 12.4. The zero-order chi connectivity index (χ0) is 13.0. The van der Waals surface area contributed by atoms with Gasteiger partial charge in [-0.3, -0.25) is 0 Å². The molecule has 0 aromatic heterocycles. The molecule has 2 aromatic carbocycles. The predicted octanol–water partition coefficient (Wildman–Crippen LogP) is 3.72. The predicted molar refractivity (Wildman–Crippen MR) is 81.1 cm³/mol. The number of benzene rings is 2. The Hall–Kier alpha value is -0.940. The lowest BCUT2D eigenvalue weighted by Gasteiger charge is -2.15. The Labute approximate surface area is 120 Å². The van der Waals surface area contributed by atoms with Gasteiger partial charge >= 0.3 is 0 Å². The maximum Gasteiger partial charge on any atom is 0.123 e. The monoisotopic (exact) mass is 355 g/mol. The van der Waals surface area contributed by atoms with Gasteiger partial charge in [0.1, 0.15) is 5.82 Å². The molecule has 0 aliphatic rings. The van der Waals surface area contributed by atoms with Crippen molar-refractivity contribution < 1.29 is 4.39 Å². The van der Waals surface area contributed by atoms with Crippen molar-refractivity contribution in [3.63, 3.8) is 0 Å². The highest BCUT2D eigenvalue weighted by molar-refractivity contribution is 14.1. The summed E-state index contributed by atoms with van der Waals surface area (Å²) in [6.07, 6.45) is 0.844. The van der Waals surface area contributed by atoms with E-state index in [-0.39, 0.29) is 11.7 Å². The lowest BCUT2D eigenvalue weighted by molar-refractivity contribution is 0.616. The number of halogens is 2. The van der Waals surface area contributed by atoms with Crippen LogP contribution >= 0.6 is 22.6 Å². The first-order valence-corrected chi connectivity index (χ1v) is 6.97. The van der Waals surface area contributed by atoms with Crippen LogP contribution in [0.2, 0.25) is 0 Å². The van der Waals surface area contributed by atoms with Gasteiger partial charge in [-0.15, -0.1) is 0 Å². The standard InChI is InChI=1S/C15H15FIN/c16-14-3-1-2-12(9-14)13(10-18)8-11-4-6-15(17)7-5-11/h1-7,9,13H,8,10,18H2. The third-order valence-corrected chi connectivity index (χ3v) is 3.72. The zero-order valence-corrected chi connectivity index (χ0v) is 12.1. The average Bonchev–Trinajstić information content (AvgIpc) is 2.38. The van der Waals surface area contributed by atoms with E-state index in [0.29, 0.717) is 6.54 Å². The van der Waals surface area contributed by atoms with Crippen LogP contribution in [0.15, 0.2) is 48.5 Å². The minimum absolute atomic E-state index is 0.167. The van der Waals surface area contributed by atoms with Crippen molar-refractivity contribution in [3.8, 4) is 0 Å². The van der Waals surface area contributed by atoms with E-state index < -0.39 is 0 Å². The van der Waals surface area contributed by atoms with Crippen LogP contribution in [-0.2, 0) is 6.42 Å². The van der Waals surface area contributed by atoms with Crippen molar-refractivity contribution in [2.45, 2.75) is 12.3 Å². The van der Waals surface area contributed by atoms with Crippen molar-refractivity contribution in [3.05, 3.63) is 69.0 Å². The Bertz CT molecular complexity index is 510. The average molecular weight is 355 g/mol. The Morgan fingerprint density at radius 3 is 2.44 bits per heavy atom. The highest BCUT2D eigenvalue weighted by Crippen LogP contribution is 2.21. The molecule has 1 unspecified atom stereocenters. The summed E-state index contributed by atoms with van der Waals surface area (Å²) in [7, 11) is 0. The highest BCUT2D eigenvalue weighted by atomic mass is 127. The molecular weight excluding hydrogens is 340 g/mol. The highest BCUT2D eigenvalue weighted by Gasteiger charge is 2.11. The van der Waals surface area contributed by atoms with Crippen molar-refractivity contribution in [2.75, 3.05) is 6.54 Å². The molecule has 2 aromatic rings. The fraction of sp³-hybridized carbons (Fsp3) is 0.200. The van der Waals surface area contributed by atoms with Gasteiger partial charge in [-0.25, -0.2) is 4.39 Å². The second-order valence-corrected chi connectivity index (χ2v) is 5.56. The summed E-state index contributed by atoms with van der Waals surface area (Å²) >= 11 is 2.28. The minimum Gasteiger partial charge on any atom is -0.330 e. The Morgan fingerprint density at radius 1 is 1.11 bits per heavy atom. The van der Waals surface area contributed by atoms with Crippen LogP contribution in [0.5, 0.6) is 0 Å². The molecule has 0 aliphatic heterocycles. The molecule has 0 fully saturated rings. The number of nitrogens with two attached hydrogens (primary N) is 1. The fourth-order valence-electron chi connectivity index (χ4n) is 2.00. The van der Waals surface area contributed by atoms with E-state index in [4.69, 9.17) is 5.73 Å². The van der Waals surface area contributed by atoms with E-state index in [0.717, 1.165) is 12.0 Å². The van der Waals surface area contributed by atoms with Gasteiger partial charge < -0.3 is 5.73 Å². The Morgan fingerprint density at radius 2 is 1.83 bits per heavy atom. The molecular formula is C15H15FIN. The van der Waals surface area contributed by atoms with E-state index in [1.807, 2.05) is 6.07 Å². The van der Waals surface area contributed by atoms with Crippen molar-refractivity contribution in [2.24, 2.45) is 5.73 Å². The van der Waals surface area contributed by atoms with Crippen LogP contribution in [0.25, 0.3) is 0 Å². The largest absolute Gasteiger partial charge is 0.330 e. The zero-order valence-electron chi connectivity index (χ0n) is 9.94. The molecule has 1 nitrogen and oxygen atoms in total. The quantitative estimate of drug-likeness (QED) is 0.832. The summed E-state index contributed by atoms with van der Waals surface area (Å²) < 4.78 is 14.4. The Kier molecular flexibility index (Phi) is 4.72. The molecule has 3 heteroatoms. The SMILES string of the molecule is NCC(Cc1ccc(I)cc1)c1cccc(F)c1. The van der Waals surface area contributed by atoms with E-state index in [1.54, 1.807) is 12.1 Å². The summed E-state index contributed by atoms with van der Waals surface area (Å²) in [5, 5.41) is 0. The molecule has 0 heterocycles. The van der Waals surface area contributed by atoms with Crippen LogP contribution in [0, 0.1) is 9.39 Å². The summed E-state index contributed by atoms with van der Waals surface area (Å²) in [5.74, 6) is -0.0330. The molecule has 1 atom stereocenters. The van der Waals surface area contributed by atoms with Crippen LogP contribution in [0.1, 0.15) is 17.0 Å². The van der Waals surface area contributed by atoms with Gasteiger partial charge in [0.05, 0.1) is 0 Å². The van der Waals surface area contributed by atoms with Gasteiger partial charge in [0.2, 0.25) is 0 Å². The number of hydrogen-bond acceptors (Lipinski definition) is 1. The van der Waals surface area contributed by atoms with Crippen LogP contribution in [-0.4, -0.2) is 6.54 Å². The minimum atomic E-state index is -0.200. The first-order valence-electron chi connectivity index (χ1n) is 5.89. The fourth-order valence-corrected chi connectivity index (χ4v) is 2.36. The molecule has 0 saturated heterocycles. The second-order valence-electron chi connectivity index (χ2n) is 4.32. The molecule has 0 amide bonds. The summed E-state index contributed by atoms with van der Waals surface area (Å²) in [6, 6.07) is 15.1. The maximum absolute atomic E-state index is 13.2. The van der Waals surface area contributed by atoms with Gasteiger partial charge in [0.15, 0.2) is 0 Å². The summed E-state index contributed by atoms with van der Waals surface area (Å²) in [4.78, 5) is 0. The van der Waals surface area contributed by atoms with Crippen LogP contribution in [0.3, 0.4) is 0 Å². The molecule has 0 bridgehead atoms. The van der Waals surface area contributed by atoms with E-state index >= 15 is 0 Å². The first kappa shape index (κ1) is 13.5. The van der Waals surface area contributed by atoms with Gasteiger partial charge in [-0.2, -0.15) is 0 Å². The third kappa shape index (κ3) is 3.53. The molecule has 0 aliphatic carbocycles. The first-order chi connectivity index (χ1) is 8.69. The second kappa shape index (κ2) is 6.29. The van der Waals surface area contributed by atoms with Gasteiger partial charge in [-0.05, 0) is 70.9 Å². The number of hydrogen-bond donors (Lipinski definition) is 1. The van der Waals surface area contributed by atoms with Crippen molar-refractivity contribution in [1.82, 2.24) is 0 Å². The molecule has 18 heavy (non-hydrogen) atoms. The van der Waals surface area contributed by atoms with E-state index in [9.17, 15) is 4.39 Å². The number of rotatable bonds is 4. The van der Waals surface area contributed by atoms with E-state index in [2.05, 4.69) is 46.9 Å². The smallest absolute Gasteiger partial charge is 0.123 e.